The first-order chi connectivity index (χ1) is 10.9. The summed E-state index contributed by atoms with van der Waals surface area (Å²) in [6.07, 6.45) is 0.246. The molecule has 0 aliphatic heterocycles. The minimum Gasteiger partial charge on any atom is -0.351 e. The summed E-state index contributed by atoms with van der Waals surface area (Å²) in [5.74, 6) is -0.240. The summed E-state index contributed by atoms with van der Waals surface area (Å²) in [5.41, 5.74) is 1.88. The van der Waals surface area contributed by atoms with Crippen LogP contribution in [0.25, 0.3) is 0 Å². The first-order valence-corrected chi connectivity index (χ1v) is 8.47. The molecule has 4 nitrogen and oxygen atoms in total. The fourth-order valence-electron chi connectivity index (χ4n) is 2.24. The Morgan fingerprint density at radius 2 is 1.83 bits per heavy atom. The van der Waals surface area contributed by atoms with Crippen molar-refractivity contribution in [2.24, 2.45) is 0 Å². The molecule has 2 aromatic rings. The summed E-state index contributed by atoms with van der Waals surface area (Å²) in [4.78, 5) is 24.6. The quantitative estimate of drug-likeness (QED) is 0.876. The molecule has 5 heteroatoms. The Morgan fingerprint density at radius 3 is 2.48 bits per heavy atom. The number of carbonyl (C=O) groups excluding carboxylic acids is 2. The van der Waals surface area contributed by atoms with Crippen LogP contribution in [0.3, 0.4) is 0 Å². The maximum absolute atomic E-state index is 12.1. The lowest BCUT2D eigenvalue weighted by molar-refractivity contribution is -0.116. The third-order valence-corrected chi connectivity index (χ3v) is 4.26. The van der Waals surface area contributed by atoms with E-state index in [2.05, 4.69) is 31.4 Å². The number of benzene rings is 1. The molecule has 23 heavy (non-hydrogen) atoms. The van der Waals surface area contributed by atoms with E-state index in [1.165, 1.54) is 11.3 Å². The van der Waals surface area contributed by atoms with Gasteiger partial charge >= 0.3 is 0 Å². The van der Waals surface area contributed by atoms with Crippen LogP contribution in [-0.4, -0.2) is 18.4 Å². The predicted octanol–water partition coefficient (Wildman–Crippen LogP) is 3.80. The second-order valence-corrected chi connectivity index (χ2v) is 7.27. The maximum atomic E-state index is 12.1. The van der Waals surface area contributed by atoms with Gasteiger partial charge in [0, 0.05) is 18.7 Å². The number of anilines is 1. The molecule has 122 valence electrons. The summed E-state index contributed by atoms with van der Waals surface area (Å²) >= 11 is 1.38. The molecular formula is C18H22N2O2S. The van der Waals surface area contributed by atoms with Crippen LogP contribution in [0.4, 0.5) is 5.69 Å². The SMILES string of the molecule is CC(C)(C)c1ccccc1NC(=O)CCNC(=O)c1cccs1. The third-order valence-electron chi connectivity index (χ3n) is 3.39. The smallest absolute Gasteiger partial charge is 0.261 e. The Hall–Kier alpha value is -2.14. The predicted molar refractivity (Wildman–Crippen MR) is 95.0 cm³/mol. The van der Waals surface area contributed by atoms with E-state index in [0.717, 1.165) is 11.3 Å². The molecule has 0 spiro atoms. The van der Waals surface area contributed by atoms with Crippen LogP contribution in [0.2, 0.25) is 0 Å². The highest BCUT2D eigenvalue weighted by molar-refractivity contribution is 7.12. The van der Waals surface area contributed by atoms with Gasteiger partial charge in [-0.25, -0.2) is 0 Å². The Kier molecular flexibility index (Phi) is 5.55. The average molecular weight is 330 g/mol. The molecule has 0 radical (unpaired) electrons. The van der Waals surface area contributed by atoms with Gasteiger partial charge in [0.1, 0.15) is 0 Å². The molecule has 0 bridgehead atoms. The highest BCUT2D eigenvalue weighted by atomic mass is 32.1. The van der Waals surface area contributed by atoms with Crippen LogP contribution >= 0.6 is 11.3 Å². The van der Waals surface area contributed by atoms with Gasteiger partial charge in [-0.2, -0.15) is 0 Å². The number of hydrogen-bond donors (Lipinski definition) is 2. The van der Waals surface area contributed by atoms with Crippen molar-refractivity contribution in [1.82, 2.24) is 5.32 Å². The second kappa shape index (κ2) is 7.42. The van der Waals surface area contributed by atoms with E-state index in [0.29, 0.717) is 11.4 Å². The zero-order valence-electron chi connectivity index (χ0n) is 13.7. The summed E-state index contributed by atoms with van der Waals surface area (Å²) in [5, 5.41) is 7.55. The van der Waals surface area contributed by atoms with Crippen molar-refractivity contribution in [2.75, 3.05) is 11.9 Å². The summed E-state index contributed by atoms with van der Waals surface area (Å²) < 4.78 is 0. The largest absolute Gasteiger partial charge is 0.351 e. The highest BCUT2D eigenvalue weighted by Gasteiger charge is 2.18. The first kappa shape index (κ1) is 17.2. The monoisotopic (exact) mass is 330 g/mol. The lowest BCUT2D eigenvalue weighted by atomic mass is 9.86. The van der Waals surface area contributed by atoms with E-state index in [9.17, 15) is 9.59 Å². The van der Waals surface area contributed by atoms with Gasteiger partial charge in [-0.15, -0.1) is 11.3 Å². The molecular weight excluding hydrogens is 308 g/mol. The fraction of sp³-hybridized carbons (Fsp3) is 0.333. The lowest BCUT2D eigenvalue weighted by Gasteiger charge is -2.23. The summed E-state index contributed by atoms with van der Waals surface area (Å²) in [6, 6.07) is 11.4. The molecule has 0 saturated carbocycles. The van der Waals surface area contributed by atoms with Gasteiger partial charge < -0.3 is 10.6 Å². The van der Waals surface area contributed by atoms with Crippen molar-refractivity contribution in [3.05, 3.63) is 52.2 Å². The Morgan fingerprint density at radius 1 is 1.09 bits per heavy atom. The number of carbonyl (C=O) groups is 2. The molecule has 2 N–H and O–H groups in total. The van der Waals surface area contributed by atoms with E-state index in [-0.39, 0.29) is 23.7 Å². The number of para-hydroxylation sites is 1. The van der Waals surface area contributed by atoms with Crippen LogP contribution in [0.1, 0.15) is 42.4 Å². The van der Waals surface area contributed by atoms with Crippen molar-refractivity contribution >= 4 is 28.8 Å². The second-order valence-electron chi connectivity index (χ2n) is 6.33. The molecule has 0 unspecified atom stereocenters. The lowest BCUT2D eigenvalue weighted by Crippen LogP contribution is -2.27. The van der Waals surface area contributed by atoms with E-state index < -0.39 is 0 Å². The topological polar surface area (TPSA) is 58.2 Å². The molecule has 0 aliphatic rings. The maximum Gasteiger partial charge on any atom is 0.261 e. The fourth-order valence-corrected chi connectivity index (χ4v) is 2.88. The number of hydrogen-bond acceptors (Lipinski definition) is 3. The van der Waals surface area contributed by atoms with E-state index in [1.54, 1.807) is 6.07 Å². The van der Waals surface area contributed by atoms with Crippen LogP contribution < -0.4 is 10.6 Å². The van der Waals surface area contributed by atoms with Crippen molar-refractivity contribution in [3.63, 3.8) is 0 Å². The molecule has 0 saturated heterocycles. The van der Waals surface area contributed by atoms with Crippen LogP contribution in [-0.2, 0) is 10.2 Å². The van der Waals surface area contributed by atoms with E-state index >= 15 is 0 Å². The average Bonchev–Trinajstić information content (AvgIpc) is 3.01. The van der Waals surface area contributed by atoms with Crippen LogP contribution in [0.5, 0.6) is 0 Å². The van der Waals surface area contributed by atoms with Crippen molar-refractivity contribution in [3.8, 4) is 0 Å². The minimum atomic E-state index is -0.136. The molecule has 1 aromatic heterocycles. The molecule has 0 aliphatic carbocycles. The number of amides is 2. The van der Waals surface area contributed by atoms with Crippen molar-refractivity contribution in [1.29, 1.82) is 0 Å². The Labute approximate surface area is 140 Å². The first-order valence-electron chi connectivity index (χ1n) is 7.59. The molecule has 2 rings (SSSR count). The van der Waals surface area contributed by atoms with E-state index in [1.807, 2.05) is 35.7 Å². The van der Waals surface area contributed by atoms with Gasteiger partial charge in [0.25, 0.3) is 5.91 Å². The van der Waals surface area contributed by atoms with Gasteiger partial charge in [-0.3, -0.25) is 9.59 Å². The Balaban J connectivity index is 1.87. The molecule has 1 heterocycles. The van der Waals surface area contributed by atoms with Crippen LogP contribution in [0, 0.1) is 0 Å². The summed E-state index contributed by atoms with van der Waals surface area (Å²) in [7, 11) is 0. The van der Waals surface area contributed by atoms with Gasteiger partial charge in [-0.1, -0.05) is 45.0 Å². The van der Waals surface area contributed by atoms with Crippen molar-refractivity contribution < 1.29 is 9.59 Å². The zero-order chi connectivity index (χ0) is 16.9. The number of thiophene rings is 1. The molecule has 2 amide bonds. The van der Waals surface area contributed by atoms with Gasteiger partial charge in [0.05, 0.1) is 4.88 Å². The molecule has 0 fully saturated rings. The molecule has 0 atom stereocenters. The standard InChI is InChI=1S/C18H22N2O2S/c1-18(2,3)13-7-4-5-8-14(13)20-16(21)10-11-19-17(22)15-9-6-12-23-15/h4-9,12H,10-11H2,1-3H3,(H,19,22)(H,20,21). The summed E-state index contributed by atoms with van der Waals surface area (Å²) in [6.45, 7) is 6.65. The Bertz CT molecular complexity index is 673. The van der Waals surface area contributed by atoms with Gasteiger partial charge in [0.2, 0.25) is 5.91 Å². The third kappa shape index (κ3) is 4.93. The van der Waals surface area contributed by atoms with Crippen molar-refractivity contribution in [2.45, 2.75) is 32.6 Å². The molecule has 1 aromatic carbocycles. The number of nitrogens with one attached hydrogen (secondary N) is 2. The van der Waals surface area contributed by atoms with Gasteiger partial charge in [0.15, 0.2) is 0 Å². The minimum absolute atomic E-state index is 0.0444. The highest BCUT2D eigenvalue weighted by Crippen LogP contribution is 2.29. The van der Waals surface area contributed by atoms with Crippen LogP contribution in [0.15, 0.2) is 41.8 Å². The normalized spacial score (nSPS) is 11.1. The number of rotatable bonds is 5. The van der Waals surface area contributed by atoms with Gasteiger partial charge in [-0.05, 0) is 28.5 Å². The van der Waals surface area contributed by atoms with E-state index in [4.69, 9.17) is 0 Å². The zero-order valence-corrected chi connectivity index (χ0v) is 14.5.